The second kappa shape index (κ2) is 7.85. The molecule has 0 fully saturated rings. The van der Waals surface area contributed by atoms with Gasteiger partial charge >= 0.3 is 6.03 Å². The summed E-state index contributed by atoms with van der Waals surface area (Å²) in [4.78, 5) is 34.2. The Hall–Kier alpha value is -2.61. The van der Waals surface area contributed by atoms with Gasteiger partial charge in [-0.25, -0.2) is 10.2 Å². The normalized spacial score (nSPS) is 12.9. The predicted molar refractivity (Wildman–Crippen MR) is 76.6 cm³/mol. The van der Waals surface area contributed by atoms with E-state index in [-0.39, 0.29) is 6.42 Å². The molecule has 7 N–H and O–H groups in total. The third-order valence-corrected chi connectivity index (χ3v) is 2.64. The summed E-state index contributed by atoms with van der Waals surface area (Å²) < 4.78 is 0. The first kappa shape index (κ1) is 16.4. The number of hydrogen-bond acceptors (Lipinski definition) is 4. The van der Waals surface area contributed by atoms with Gasteiger partial charge in [-0.2, -0.15) is 0 Å². The van der Waals surface area contributed by atoms with Crippen LogP contribution in [0.5, 0.6) is 0 Å². The molecular formula is C13H19N5O3. The van der Waals surface area contributed by atoms with Gasteiger partial charge in [0, 0.05) is 6.42 Å². The van der Waals surface area contributed by atoms with Crippen LogP contribution in [0, 0.1) is 0 Å². The summed E-state index contributed by atoms with van der Waals surface area (Å²) in [5.74, 6) is -1.06. The lowest BCUT2D eigenvalue weighted by Crippen LogP contribution is -2.56. The average Bonchev–Trinajstić information content (AvgIpc) is 2.44. The average molecular weight is 293 g/mol. The van der Waals surface area contributed by atoms with Crippen molar-refractivity contribution in [3.63, 3.8) is 0 Å². The van der Waals surface area contributed by atoms with Gasteiger partial charge in [-0.05, 0) is 12.5 Å². The minimum Gasteiger partial charge on any atom is -0.350 e. The van der Waals surface area contributed by atoms with Crippen molar-refractivity contribution in [1.82, 2.24) is 16.2 Å². The van der Waals surface area contributed by atoms with E-state index in [2.05, 4.69) is 10.7 Å². The fourth-order valence-electron chi connectivity index (χ4n) is 1.57. The van der Waals surface area contributed by atoms with Crippen LogP contribution in [0.2, 0.25) is 0 Å². The van der Waals surface area contributed by atoms with E-state index in [0.29, 0.717) is 0 Å². The number of rotatable bonds is 5. The van der Waals surface area contributed by atoms with Crippen LogP contribution < -0.4 is 27.6 Å². The van der Waals surface area contributed by atoms with Gasteiger partial charge in [0.25, 0.3) is 5.91 Å². The molecular weight excluding hydrogens is 274 g/mol. The van der Waals surface area contributed by atoms with Crippen LogP contribution in [0.3, 0.4) is 0 Å². The molecule has 1 aromatic rings. The minimum absolute atomic E-state index is 0.256. The second-order valence-electron chi connectivity index (χ2n) is 4.52. The number of carbonyl (C=O) groups excluding carboxylic acids is 3. The number of primary amides is 1. The van der Waals surface area contributed by atoms with Crippen molar-refractivity contribution in [2.75, 3.05) is 0 Å². The van der Waals surface area contributed by atoms with Crippen molar-refractivity contribution in [3.05, 3.63) is 35.9 Å². The summed E-state index contributed by atoms with van der Waals surface area (Å²) in [5, 5.41) is 2.52. The number of nitrogens with two attached hydrogens (primary N) is 2. The molecule has 0 saturated heterocycles. The first-order chi connectivity index (χ1) is 9.90. The number of carbonyl (C=O) groups is 3. The van der Waals surface area contributed by atoms with E-state index in [0.717, 1.165) is 5.56 Å². The van der Waals surface area contributed by atoms with Gasteiger partial charge in [-0.3, -0.25) is 15.0 Å². The van der Waals surface area contributed by atoms with Crippen LogP contribution in [0.4, 0.5) is 4.79 Å². The van der Waals surface area contributed by atoms with Crippen LogP contribution in [0.1, 0.15) is 12.5 Å². The molecule has 0 spiro atoms. The lowest BCUT2D eigenvalue weighted by atomic mass is 10.1. The van der Waals surface area contributed by atoms with Crippen LogP contribution in [-0.4, -0.2) is 29.9 Å². The number of hydrogen-bond donors (Lipinski definition) is 5. The lowest BCUT2D eigenvalue weighted by Gasteiger charge is -2.19. The molecule has 0 saturated carbocycles. The molecule has 0 unspecified atom stereocenters. The maximum Gasteiger partial charge on any atom is 0.330 e. The molecule has 0 aliphatic heterocycles. The molecule has 0 aliphatic carbocycles. The molecule has 0 bridgehead atoms. The fraction of sp³-hybridized carbons (Fsp3) is 0.308. The number of nitrogens with one attached hydrogen (secondary N) is 3. The highest BCUT2D eigenvalue weighted by molar-refractivity contribution is 5.90. The molecule has 21 heavy (non-hydrogen) atoms. The summed E-state index contributed by atoms with van der Waals surface area (Å²) in [7, 11) is 0. The first-order valence-electron chi connectivity index (χ1n) is 6.35. The quantitative estimate of drug-likeness (QED) is 0.433. The van der Waals surface area contributed by atoms with E-state index >= 15 is 0 Å². The summed E-state index contributed by atoms with van der Waals surface area (Å²) in [6.07, 6.45) is 0.256. The van der Waals surface area contributed by atoms with Crippen molar-refractivity contribution in [1.29, 1.82) is 0 Å². The Morgan fingerprint density at radius 2 is 1.71 bits per heavy atom. The number of hydrazine groups is 1. The molecule has 8 heteroatoms. The zero-order valence-corrected chi connectivity index (χ0v) is 11.6. The van der Waals surface area contributed by atoms with Gasteiger partial charge in [0.1, 0.15) is 6.04 Å². The van der Waals surface area contributed by atoms with Crippen LogP contribution in [0.15, 0.2) is 30.3 Å². The SMILES string of the molecule is C[C@H](N)C(=O)N[C@H](Cc1ccccc1)C(=O)NNC(N)=O. The Labute approximate surface area is 122 Å². The van der Waals surface area contributed by atoms with Gasteiger partial charge in [-0.15, -0.1) is 0 Å². The standard InChI is InChI=1S/C13H19N5O3/c1-8(14)11(19)16-10(12(20)17-18-13(15)21)7-9-5-3-2-4-6-9/h2-6,8,10H,7,14H2,1H3,(H,16,19)(H,17,20)(H3,15,18,21)/t8-,10+/m0/s1. The van der Waals surface area contributed by atoms with Gasteiger partial charge < -0.3 is 16.8 Å². The van der Waals surface area contributed by atoms with Crippen LogP contribution >= 0.6 is 0 Å². The minimum atomic E-state index is -0.902. The molecule has 8 nitrogen and oxygen atoms in total. The topological polar surface area (TPSA) is 139 Å². The van der Waals surface area contributed by atoms with Crippen molar-refractivity contribution in [2.45, 2.75) is 25.4 Å². The highest BCUT2D eigenvalue weighted by Crippen LogP contribution is 2.03. The van der Waals surface area contributed by atoms with E-state index in [1.807, 2.05) is 35.8 Å². The predicted octanol–water partition coefficient (Wildman–Crippen LogP) is -1.24. The Morgan fingerprint density at radius 1 is 1.10 bits per heavy atom. The Bertz CT molecular complexity index is 504. The van der Waals surface area contributed by atoms with Crippen LogP contribution in [0.25, 0.3) is 0 Å². The van der Waals surface area contributed by atoms with Gasteiger partial charge in [0.2, 0.25) is 5.91 Å². The van der Waals surface area contributed by atoms with Gasteiger partial charge in [0.15, 0.2) is 0 Å². The van der Waals surface area contributed by atoms with Crippen molar-refractivity contribution >= 4 is 17.8 Å². The van der Waals surface area contributed by atoms with Crippen molar-refractivity contribution in [3.8, 4) is 0 Å². The Morgan fingerprint density at radius 3 is 2.24 bits per heavy atom. The van der Waals surface area contributed by atoms with Crippen LogP contribution in [-0.2, 0) is 16.0 Å². The maximum absolute atomic E-state index is 12.0. The largest absolute Gasteiger partial charge is 0.350 e. The highest BCUT2D eigenvalue weighted by Gasteiger charge is 2.22. The molecule has 1 rings (SSSR count). The summed E-state index contributed by atoms with van der Waals surface area (Å²) in [6, 6.07) is 6.59. The zero-order chi connectivity index (χ0) is 15.8. The highest BCUT2D eigenvalue weighted by atomic mass is 16.2. The zero-order valence-electron chi connectivity index (χ0n) is 11.6. The number of benzene rings is 1. The van der Waals surface area contributed by atoms with E-state index in [4.69, 9.17) is 11.5 Å². The Balaban J connectivity index is 2.76. The van der Waals surface area contributed by atoms with E-state index in [1.165, 1.54) is 6.92 Å². The number of urea groups is 1. The fourth-order valence-corrected chi connectivity index (χ4v) is 1.57. The smallest absolute Gasteiger partial charge is 0.330 e. The maximum atomic E-state index is 12.0. The summed E-state index contributed by atoms with van der Waals surface area (Å²) in [5.41, 5.74) is 15.3. The van der Waals surface area contributed by atoms with E-state index in [1.54, 1.807) is 0 Å². The lowest BCUT2D eigenvalue weighted by molar-refractivity contribution is -0.129. The third-order valence-electron chi connectivity index (χ3n) is 2.64. The van der Waals surface area contributed by atoms with Gasteiger partial charge in [0.05, 0.1) is 6.04 Å². The molecule has 4 amide bonds. The molecule has 0 aliphatic rings. The van der Waals surface area contributed by atoms with Gasteiger partial charge in [-0.1, -0.05) is 30.3 Å². The second-order valence-corrected chi connectivity index (χ2v) is 4.52. The molecule has 0 radical (unpaired) electrons. The molecule has 1 aromatic carbocycles. The van der Waals surface area contributed by atoms with Crippen molar-refractivity contribution < 1.29 is 14.4 Å². The van der Waals surface area contributed by atoms with E-state index in [9.17, 15) is 14.4 Å². The van der Waals surface area contributed by atoms with Crippen molar-refractivity contribution in [2.24, 2.45) is 11.5 Å². The monoisotopic (exact) mass is 293 g/mol. The molecule has 0 aromatic heterocycles. The molecule has 2 atom stereocenters. The summed E-state index contributed by atoms with van der Waals surface area (Å²) in [6.45, 7) is 1.51. The summed E-state index contributed by atoms with van der Waals surface area (Å²) >= 11 is 0. The van der Waals surface area contributed by atoms with E-state index < -0.39 is 29.9 Å². The number of amides is 4. The molecule has 0 heterocycles. The molecule has 114 valence electrons. The third kappa shape index (κ3) is 5.91. The Kier molecular flexibility index (Phi) is 6.15. The first-order valence-corrected chi connectivity index (χ1v) is 6.35.